The molecule has 0 saturated carbocycles. The zero-order chi connectivity index (χ0) is 14.0. The Morgan fingerprint density at radius 2 is 2.26 bits per heavy atom. The number of benzene rings is 1. The van der Waals surface area contributed by atoms with Crippen molar-refractivity contribution in [2.75, 3.05) is 0 Å². The largest absolute Gasteiger partial charge is 0.338 e. The Kier molecular flexibility index (Phi) is 3.95. The van der Waals surface area contributed by atoms with Gasteiger partial charge in [-0.25, -0.2) is 4.39 Å². The van der Waals surface area contributed by atoms with Crippen molar-refractivity contribution in [1.29, 1.82) is 0 Å². The van der Waals surface area contributed by atoms with E-state index < -0.39 is 11.7 Å². The van der Waals surface area contributed by atoms with Gasteiger partial charge in [-0.15, -0.1) is 0 Å². The number of ketones is 1. The first-order valence-corrected chi connectivity index (χ1v) is 6.22. The minimum Gasteiger partial charge on any atom is -0.338 e. The van der Waals surface area contributed by atoms with Gasteiger partial charge in [0, 0.05) is 12.0 Å². The number of hydrogen-bond donors (Lipinski definition) is 0. The molecule has 4 nitrogen and oxygen atoms in total. The van der Waals surface area contributed by atoms with Crippen molar-refractivity contribution in [1.82, 2.24) is 10.1 Å². The zero-order valence-electron chi connectivity index (χ0n) is 10.5. The third kappa shape index (κ3) is 2.81. The lowest BCUT2D eigenvalue weighted by molar-refractivity contribution is -0.120. The van der Waals surface area contributed by atoms with E-state index in [-0.39, 0.29) is 22.5 Å². The molecule has 19 heavy (non-hydrogen) atoms. The Hall–Kier alpha value is -1.75. The minimum atomic E-state index is -0.453. The second kappa shape index (κ2) is 5.48. The van der Waals surface area contributed by atoms with Crippen LogP contribution in [0.3, 0.4) is 0 Å². The molecule has 100 valence electrons. The fourth-order valence-electron chi connectivity index (χ4n) is 1.64. The van der Waals surface area contributed by atoms with Crippen molar-refractivity contribution in [3.8, 4) is 11.4 Å². The second-order valence-corrected chi connectivity index (χ2v) is 4.53. The monoisotopic (exact) mass is 282 g/mol. The predicted molar refractivity (Wildman–Crippen MR) is 68.4 cm³/mol. The standard InChI is InChI=1S/C13H12ClFN2O2/c1-3-11(18)7(2)13-16-12(17-19-13)9-5-4-8(15)6-10(9)14/h4-7H,3H2,1-2H3. The molecule has 0 saturated heterocycles. The zero-order valence-corrected chi connectivity index (χ0v) is 11.2. The van der Waals surface area contributed by atoms with Crippen molar-refractivity contribution < 1.29 is 13.7 Å². The molecule has 0 aliphatic carbocycles. The van der Waals surface area contributed by atoms with Gasteiger partial charge in [-0.3, -0.25) is 4.79 Å². The van der Waals surface area contributed by atoms with Crippen LogP contribution in [-0.2, 0) is 4.79 Å². The topological polar surface area (TPSA) is 56.0 Å². The van der Waals surface area contributed by atoms with Gasteiger partial charge in [0.2, 0.25) is 11.7 Å². The van der Waals surface area contributed by atoms with Crippen LogP contribution in [0, 0.1) is 5.82 Å². The lowest BCUT2D eigenvalue weighted by Crippen LogP contribution is -2.07. The maximum absolute atomic E-state index is 13.0. The molecule has 1 heterocycles. The molecule has 0 aliphatic rings. The van der Waals surface area contributed by atoms with Crippen LogP contribution in [0.1, 0.15) is 32.1 Å². The van der Waals surface area contributed by atoms with E-state index >= 15 is 0 Å². The Balaban J connectivity index is 2.33. The summed E-state index contributed by atoms with van der Waals surface area (Å²) in [5, 5.41) is 3.97. The van der Waals surface area contributed by atoms with E-state index in [0.717, 1.165) is 0 Å². The van der Waals surface area contributed by atoms with Crippen molar-refractivity contribution >= 4 is 17.4 Å². The molecule has 1 aromatic carbocycles. The van der Waals surface area contributed by atoms with Crippen LogP contribution in [0.5, 0.6) is 0 Å². The summed E-state index contributed by atoms with van der Waals surface area (Å²) in [5.41, 5.74) is 0.467. The summed E-state index contributed by atoms with van der Waals surface area (Å²) in [6.07, 6.45) is 0.399. The highest BCUT2D eigenvalue weighted by molar-refractivity contribution is 6.33. The van der Waals surface area contributed by atoms with Crippen LogP contribution in [0.15, 0.2) is 22.7 Å². The highest BCUT2D eigenvalue weighted by Gasteiger charge is 2.21. The maximum atomic E-state index is 13.0. The van der Waals surface area contributed by atoms with E-state index in [1.807, 2.05) is 0 Å². The quantitative estimate of drug-likeness (QED) is 0.859. The maximum Gasteiger partial charge on any atom is 0.237 e. The van der Waals surface area contributed by atoms with Crippen LogP contribution < -0.4 is 0 Å². The molecular formula is C13H12ClFN2O2. The first-order valence-electron chi connectivity index (χ1n) is 5.84. The number of carbonyl (C=O) groups is 1. The van der Waals surface area contributed by atoms with Gasteiger partial charge in [0.15, 0.2) is 0 Å². The SMILES string of the molecule is CCC(=O)C(C)c1nc(-c2ccc(F)cc2Cl)no1. The van der Waals surface area contributed by atoms with Gasteiger partial charge in [-0.1, -0.05) is 23.7 Å². The molecule has 1 unspecified atom stereocenters. The summed E-state index contributed by atoms with van der Waals surface area (Å²) in [5.74, 6) is -0.393. The van der Waals surface area contributed by atoms with Crippen LogP contribution >= 0.6 is 11.6 Å². The van der Waals surface area contributed by atoms with Gasteiger partial charge in [0.25, 0.3) is 0 Å². The van der Waals surface area contributed by atoms with E-state index in [0.29, 0.717) is 12.0 Å². The summed E-state index contributed by atoms with van der Waals surface area (Å²) >= 11 is 5.91. The molecule has 6 heteroatoms. The second-order valence-electron chi connectivity index (χ2n) is 4.12. The average Bonchev–Trinajstić information content (AvgIpc) is 2.86. The molecule has 0 radical (unpaired) electrons. The highest BCUT2D eigenvalue weighted by Crippen LogP contribution is 2.27. The molecule has 2 aromatic rings. The normalized spacial score (nSPS) is 12.4. The summed E-state index contributed by atoms with van der Waals surface area (Å²) in [4.78, 5) is 15.7. The predicted octanol–water partition coefficient (Wildman–Crippen LogP) is 3.61. The van der Waals surface area contributed by atoms with Crippen LogP contribution in [0.2, 0.25) is 5.02 Å². The first kappa shape index (κ1) is 13.7. The van der Waals surface area contributed by atoms with Crippen molar-refractivity contribution in [3.63, 3.8) is 0 Å². The van der Waals surface area contributed by atoms with Crippen molar-refractivity contribution in [3.05, 3.63) is 34.9 Å². The minimum absolute atomic E-state index is 0.0143. The Bertz CT molecular complexity index is 612. The lowest BCUT2D eigenvalue weighted by Gasteiger charge is -2.01. The summed E-state index contributed by atoms with van der Waals surface area (Å²) < 4.78 is 18.0. The molecule has 0 amide bonds. The third-order valence-electron chi connectivity index (χ3n) is 2.82. The molecule has 1 aromatic heterocycles. The van der Waals surface area contributed by atoms with Gasteiger partial charge in [-0.2, -0.15) is 4.98 Å². The van der Waals surface area contributed by atoms with Gasteiger partial charge >= 0.3 is 0 Å². The molecule has 0 spiro atoms. The molecule has 0 aliphatic heterocycles. The third-order valence-corrected chi connectivity index (χ3v) is 3.13. The van der Waals surface area contributed by atoms with Gasteiger partial charge in [0.05, 0.1) is 10.9 Å². The Morgan fingerprint density at radius 3 is 2.89 bits per heavy atom. The summed E-state index contributed by atoms with van der Waals surface area (Å²) in [6.45, 7) is 3.47. The van der Waals surface area contributed by atoms with Crippen LogP contribution in [0.4, 0.5) is 4.39 Å². The van der Waals surface area contributed by atoms with Crippen molar-refractivity contribution in [2.24, 2.45) is 0 Å². The smallest absolute Gasteiger partial charge is 0.237 e. The number of aromatic nitrogens is 2. The lowest BCUT2D eigenvalue weighted by atomic mass is 10.1. The molecule has 2 rings (SSSR count). The van der Waals surface area contributed by atoms with Crippen LogP contribution in [-0.4, -0.2) is 15.9 Å². The highest BCUT2D eigenvalue weighted by atomic mass is 35.5. The first-order chi connectivity index (χ1) is 9.02. The van der Waals surface area contributed by atoms with Crippen molar-refractivity contribution in [2.45, 2.75) is 26.2 Å². The number of hydrogen-bond acceptors (Lipinski definition) is 4. The van der Waals surface area contributed by atoms with E-state index in [2.05, 4.69) is 10.1 Å². The average molecular weight is 283 g/mol. The summed E-state index contributed by atoms with van der Waals surface area (Å²) in [6, 6.07) is 3.91. The molecule has 0 fully saturated rings. The van der Waals surface area contributed by atoms with E-state index in [1.165, 1.54) is 18.2 Å². The Morgan fingerprint density at radius 1 is 1.53 bits per heavy atom. The fraction of sp³-hybridized carbons (Fsp3) is 0.308. The number of halogens is 2. The molecular weight excluding hydrogens is 271 g/mol. The van der Waals surface area contributed by atoms with Gasteiger partial charge in [-0.05, 0) is 25.1 Å². The van der Waals surface area contributed by atoms with Crippen LogP contribution in [0.25, 0.3) is 11.4 Å². The summed E-state index contributed by atoms with van der Waals surface area (Å²) in [7, 11) is 0. The Labute approximate surface area is 114 Å². The number of carbonyl (C=O) groups excluding carboxylic acids is 1. The number of nitrogens with zero attached hydrogens (tertiary/aromatic N) is 2. The van der Waals surface area contributed by atoms with Gasteiger partial charge < -0.3 is 4.52 Å². The number of rotatable bonds is 4. The molecule has 0 bridgehead atoms. The molecule has 1 atom stereocenters. The van der Waals surface area contributed by atoms with E-state index in [4.69, 9.17) is 16.1 Å². The number of Topliss-reactive ketones (excluding diaryl/α,β-unsaturated/α-hetero) is 1. The van der Waals surface area contributed by atoms with Gasteiger partial charge in [0.1, 0.15) is 11.6 Å². The fourth-order valence-corrected chi connectivity index (χ4v) is 1.89. The van der Waals surface area contributed by atoms with E-state index in [1.54, 1.807) is 13.8 Å². The van der Waals surface area contributed by atoms with E-state index in [9.17, 15) is 9.18 Å². The molecule has 0 N–H and O–H groups in total.